The lowest BCUT2D eigenvalue weighted by molar-refractivity contribution is -0.359. The molecule has 2 saturated heterocycles. The van der Waals surface area contributed by atoms with Crippen LogP contribution in [0.3, 0.4) is 0 Å². The normalized spacial score (nSPS) is 53.5. The molecule has 0 amide bonds. The van der Waals surface area contributed by atoms with E-state index >= 15 is 0 Å². The number of methoxy groups -OCH3 is 1. The highest BCUT2D eigenvalue weighted by molar-refractivity contribution is 4.92. The van der Waals surface area contributed by atoms with Crippen LogP contribution in [0.4, 0.5) is 0 Å². The first-order valence-corrected chi connectivity index (χ1v) is 7.17. The van der Waals surface area contributed by atoms with E-state index in [9.17, 15) is 25.5 Å². The second kappa shape index (κ2) is 7.04. The van der Waals surface area contributed by atoms with E-state index in [1.54, 1.807) is 6.92 Å². The molecule has 0 unspecified atom stereocenters. The molecule has 0 aromatic rings. The second-order valence-corrected chi connectivity index (χ2v) is 5.71. The van der Waals surface area contributed by atoms with E-state index in [2.05, 4.69) is 0 Å². The fraction of sp³-hybridized carbons (Fsp3) is 1.00. The summed E-state index contributed by atoms with van der Waals surface area (Å²) >= 11 is 0. The summed E-state index contributed by atoms with van der Waals surface area (Å²) in [5.74, 6) is 0. The molecule has 2 aliphatic rings. The van der Waals surface area contributed by atoms with E-state index in [4.69, 9.17) is 18.9 Å². The van der Waals surface area contributed by atoms with Gasteiger partial charge in [0.25, 0.3) is 0 Å². The summed E-state index contributed by atoms with van der Waals surface area (Å²) in [6, 6.07) is 0. The van der Waals surface area contributed by atoms with Gasteiger partial charge in [-0.05, 0) is 13.8 Å². The average Bonchev–Trinajstić information content (AvgIpc) is 2.50. The molecule has 0 radical (unpaired) electrons. The Bertz CT molecular complexity index is 365. The van der Waals surface area contributed by atoms with E-state index in [-0.39, 0.29) is 0 Å². The number of aliphatic hydroxyl groups excluding tert-OH is 5. The fourth-order valence-electron chi connectivity index (χ4n) is 2.62. The number of hydrogen-bond acceptors (Lipinski definition) is 9. The van der Waals surface area contributed by atoms with Crippen LogP contribution in [-0.2, 0) is 18.9 Å². The Morgan fingerprint density at radius 3 is 1.73 bits per heavy atom. The van der Waals surface area contributed by atoms with Crippen LogP contribution in [-0.4, -0.2) is 94.1 Å². The van der Waals surface area contributed by atoms with Crippen LogP contribution in [0.2, 0.25) is 0 Å². The first-order chi connectivity index (χ1) is 10.3. The van der Waals surface area contributed by atoms with Crippen molar-refractivity contribution >= 4 is 0 Å². The van der Waals surface area contributed by atoms with Gasteiger partial charge in [-0.2, -0.15) is 0 Å². The molecule has 0 saturated carbocycles. The van der Waals surface area contributed by atoms with Gasteiger partial charge in [-0.15, -0.1) is 0 Å². The molecule has 2 heterocycles. The lowest BCUT2D eigenvalue weighted by Crippen LogP contribution is -2.63. The van der Waals surface area contributed by atoms with Crippen molar-refractivity contribution in [1.82, 2.24) is 0 Å². The predicted molar refractivity (Wildman–Crippen MR) is 70.6 cm³/mol. The van der Waals surface area contributed by atoms with E-state index in [0.717, 1.165) is 0 Å². The molecule has 22 heavy (non-hydrogen) atoms. The average molecular weight is 324 g/mol. The van der Waals surface area contributed by atoms with Crippen LogP contribution in [0.15, 0.2) is 0 Å². The largest absolute Gasteiger partial charge is 0.388 e. The van der Waals surface area contributed by atoms with Crippen LogP contribution in [0.25, 0.3) is 0 Å². The highest BCUT2D eigenvalue weighted by atomic mass is 16.7. The molecule has 0 bridgehead atoms. The van der Waals surface area contributed by atoms with Crippen LogP contribution in [0, 0.1) is 0 Å². The number of ether oxygens (including phenoxy) is 4. The molecule has 0 aromatic heterocycles. The molecular weight excluding hydrogens is 300 g/mol. The van der Waals surface area contributed by atoms with Crippen molar-refractivity contribution in [3.8, 4) is 0 Å². The van der Waals surface area contributed by atoms with Crippen molar-refractivity contribution in [2.24, 2.45) is 0 Å². The summed E-state index contributed by atoms with van der Waals surface area (Å²) in [5, 5.41) is 49.3. The lowest BCUT2D eigenvalue weighted by atomic mass is 9.98. The van der Waals surface area contributed by atoms with E-state index < -0.39 is 61.4 Å². The minimum absolute atomic E-state index is 0.664. The third-order valence-corrected chi connectivity index (χ3v) is 4.12. The second-order valence-electron chi connectivity index (χ2n) is 5.71. The van der Waals surface area contributed by atoms with Crippen LogP contribution in [0.5, 0.6) is 0 Å². The molecule has 9 nitrogen and oxygen atoms in total. The predicted octanol–water partition coefficient (Wildman–Crippen LogP) is -2.69. The van der Waals surface area contributed by atoms with Crippen LogP contribution in [0.1, 0.15) is 13.8 Å². The summed E-state index contributed by atoms with van der Waals surface area (Å²) in [6.45, 7) is 3.08. The molecule has 2 rings (SSSR count). The van der Waals surface area contributed by atoms with Gasteiger partial charge in [-0.3, -0.25) is 0 Å². The molecule has 5 N–H and O–H groups in total. The van der Waals surface area contributed by atoms with Gasteiger partial charge in [0, 0.05) is 7.11 Å². The van der Waals surface area contributed by atoms with Crippen LogP contribution >= 0.6 is 0 Å². The molecule has 9 heteroatoms. The fourth-order valence-corrected chi connectivity index (χ4v) is 2.62. The number of hydrogen-bond donors (Lipinski definition) is 5. The molecule has 130 valence electrons. The zero-order chi connectivity index (χ0) is 16.6. The third kappa shape index (κ3) is 3.28. The summed E-state index contributed by atoms with van der Waals surface area (Å²) in [4.78, 5) is 0. The first-order valence-electron chi connectivity index (χ1n) is 7.17. The van der Waals surface area contributed by atoms with Gasteiger partial charge in [0.05, 0.1) is 12.2 Å². The van der Waals surface area contributed by atoms with Gasteiger partial charge in [0.2, 0.25) is 0 Å². The molecule has 0 aliphatic carbocycles. The molecule has 0 spiro atoms. The summed E-state index contributed by atoms with van der Waals surface area (Å²) < 4.78 is 21.2. The standard InChI is InChI=1S/C13H24O9/c1-4-6(14)8(16)10(18)12(20-4)22-11-9(17)7(15)5(2)21-13(11)19-3/h4-18H,1-3H3/t4-,5-,6+,7+,8+,9+,10-,11-,12-,13+/m0/s1. The zero-order valence-corrected chi connectivity index (χ0v) is 12.6. The van der Waals surface area contributed by atoms with Crippen molar-refractivity contribution in [3.05, 3.63) is 0 Å². The van der Waals surface area contributed by atoms with Crippen LogP contribution < -0.4 is 0 Å². The molecule has 10 atom stereocenters. The number of aliphatic hydroxyl groups is 5. The van der Waals surface area contributed by atoms with Crippen molar-refractivity contribution in [2.45, 2.75) is 75.3 Å². The van der Waals surface area contributed by atoms with Gasteiger partial charge in [-0.1, -0.05) is 0 Å². The van der Waals surface area contributed by atoms with Crippen molar-refractivity contribution in [1.29, 1.82) is 0 Å². The summed E-state index contributed by atoms with van der Waals surface area (Å²) in [5.41, 5.74) is 0. The van der Waals surface area contributed by atoms with Gasteiger partial charge >= 0.3 is 0 Å². The molecule has 0 aromatic carbocycles. The van der Waals surface area contributed by atoms with Crippen molar-refractivity contribution in [3.63, 3.8) is 0 Å². The van der Waals surface area contributed by atoms with Crippen molar-refractivity contribution in [2.75, 3.05) is 7.11 Å². The van der Waals surface area contributed by atoms with Crippen molar-refractivity contribution < 1.29 is 44.5 Å². The summed E-state index contributed by atoms with van der Waals surface area (Å²) in [7, 11) is 1.34. The Morgan fingerprint density at radius 1 is 0.682 bits per heavy atom. The topological polar surface area (TPSA) is 138 Å². The monoisotopic (exact) mass is 324 g/mol. The quantitative estimate of drug-likeness (QED) is 0.376. The number of rotatable bonds is 3. The SMILES string of the molecule is CO[C@@H]1O[C@@H](C)[C@@H](O)[C@@H](O)[C@@H]1O[C@@H]1O[C@@H](C)[C@@H](O)[C@@H](O)[C@@H]1O. The van der Waals surface area contributed by atoms with Gasteiger partial charge in [0.1, 0.15) is 36.6 Å². The van der Waals surface area contributed by atoms with Gasteiger partial charge < -0.3 is 44.5 Å². The zero-order valence-electron chi connectivity index (χ0n) is 12.6. The third-order valence-electron chi connectivity index (χ3n) is 4.12. The Morgan fingerprint density at radius 2 is 1.18 bits per heavy atom. The smallest absolute Gasteiger partial charge is 0.187 e. The Kier molecular flexibility index (Phi) is 5.75. The minimum Gasteiger partial charge on any atom is -0.388 e. The minimum atomic E-state index is -1.52. The first kappa shape index (κ1) is 18.0. The molecule has 2 aliphatic heterocycles. The van der Waals surface area contributed by atoms with Gasteiger partial charge in [-0.25, -0.2) is 0 Å². The molecule has 2 fully saturated rings. The Hall–Kier alpha value is -0.360. The molecular formula is C13H24O9. The van der Waals surface area contributed by atoms with E-state index in [0.29, 0.717) is 0 Å². The maximum absolute atomic E-state index is 10.1. The summed E-state index contributed by atoms with van der Waals surface area (Å²) in [6.07, 6.45) is -11.6. The highest BCUT2D eigenvalue weighted by Crippen LogP contribution is 2.29. The maximum atomic E-state index is 10.1. The Balaban J connectivity index is 2.10. The highest BCUT2D eigenvalue weighted by Gasteiger charge is 2.49. The van der Waals surface area contributed by atoms with Gasteiger partial charge in [0.15, 0.2) is 12.6 Å². The Labute approximate surface area is 128 Å². The van der Waals surface area contributed by atoms with E-state index in [1.165, 1.54) is 14.0 Å². The van der Waals surface area contributed by atoms with E-state index in [1.807, 2.05) is 0 Å². The lowest BCUT2D eigenvalue weighted by Gasteiger charge is -2.45. The maximum Gasteiger partial charge on any atom is 0.187 e.